The molecule has 5 heteroatoms. The Morgan fingerprint density at radius 1 is 1.35 bits per heavy atom. The van der Waals surface area contributed by atoms with Gasteiger partial charge in [-0.15, -0.1) is 16.9 Å². The molecule has 0 N–H and O–H groups in total. The summed E-state index contributed by atoms with van der Waals surface area (Å²) in [7, 11) is 0. The second kappa shape index (κ2) is 8.06. The van der Waals surface area contributed by atoms with Gasteiger partial charge in [-0.25, -0.2) is 0 Å². The van der Waals surface area contributed by atoms with E-state index in [9.17, 15) is 4.79 Å². The average Bonchev–Trinajstić information content (AvgIpc) is 2.31. The van der Waals surface area contributed by atoms with Crippen LogP contribution in [-0.4, -0.2) is 28.5 Å². The first kappa shape index (κ1) is 14.0. The highest BCUT2D eigenvalue weighted by Gasteiger charge is 2.01. The number of thioether (sulfide) groups is 1. The molecule has 0 bridgehead atoms. The highest BCUT2D eigenvalue weighted by molar-refractivity contribution is 7.99. The molecule has 0 radical (unpaired) electrons. The van der Waals surface area contributed by atoms with Gasteiger partial charge in [-0.3, -0.25) is 4.79 Å². The number of ether oxygens (including phenoxy) is 1. The van der Waals surface area contributed by atoms with Crippen LogP contribution in [0.25, 0.3) is 0 Å². The topological polar surface area (TPSA) is 52.1 Å². The van der Waals surface area contributed by atoms with Crippen LogP contribution in [0.2, 0.25) is 0 Å². The van der Waals surface area contributed by atoms with Crippen molar-refractivity contribution >= 4 is 17.7 Å². The van der Waals surface area contributed by atoms with Crippen LogP contribution >= 0.6 is 11.8 Å². The standard InChI is InChI=1S/C12H18N2O2S/c1-3-16-12(15)6-4-5-9-17-11-8-7-10(2)13-14-11/h7-8H,3-6,9H2,1-2H3. The summed E-state index contributed by atoms with van der Waals surface area (Å²) in [5, 5.41) is 8.98. The minimum absolute atomic E-state index is 0.104. The van der Waals surface area contributed by atoms with Gasteiger partial charge in [-0.2, -0.15) is 5.10 Å². The number of aryl methyl sites for hydroxylation is 1. The molecule has 0 aliphatic heterocycles. The van der Waals surface area contributed by atoms with Crippen molar-refractivity contribution in [1.29, 1.82) is 0 Å². The van der Waals surface area contributed by atoms with Gasteiger partial charge in [0.1, 0.15) is 5.03 Å². The number of carbonyl (C=O) groups excluding carboxylic acids is 1. The Labute approximate surface area is 106 Å². The molecular formula is C12H18N2O2S. The SMILES string of the molecule is CCOC(=O)CCCCSc1ccc(C)nn1. The summed E-state index contributed by atoms with van der Waals surface area (Å²) in [6, 6.07) is 3.92. The summed E-state index contributed by atoms with van der Waals surface area (Å²) >= 11 is 1.67. The molecule has 0 aliphatic carbocycles. The molecule has 0 atom stereocenters. The van der Waals surface area contributed by atoms with Crippen molar-refractivity contribution in [3.8, 4) is 0 Å². The smallest absolute Gasteiger partial charge is 0.305 e. The first-order valence-corrected chi connectivity index (χ1v) is 6.79. The monoisotopic (exact) mass is 254 g/mol. The summed E-state index contributed by atoms with van der Waals surface area (Å²) in [6.07, 6.45) is 2.36. The van der Waals surface area contributed by atoms with E-state index in [0.29, 0.717) is 13.0 Å². The lowest BCUT2D eigenvalue weighted by atomic mass is 10.2. The Morgan fingerprint density at radius 3 is 2.82 bits per heavy atom. The Kier molecular flexibility index (Phi) is 6.62. The van der Waals surface area contributed by atoms with Crippen LogP contribution < -0.4 is 0 Å². The number of hydrogen-bond donors (Lipinski definition) is 0. The zero-order valence-electron chi connectivity index (χ0n) is 10.3. The lowest BCUT2D eigenvalue weighted by molar-refractivity contribution is -0.143. The number of hydrogen-bond acceptors (Lipinski definition) is 5. The van der Waals surface area contributed by atoms with Gasteiger partial charge in [0, 0.05) is 6.42 Å². The summed E-state index contributed by atoms with van der Waals surface area (Å²) in [6.45, 7) is 4.21. The minimum Gasteiger partial charge on any atom is -0.466 e. The van der Waals surface area contributed by atoms with Crippen molar-refractivity contribution in [2.24, 2.45) is 0 Å². The lowest BCUT2D eigenvalue weighted by Crippen LogP contribution is -2.03. The quantitative estimate of drug-likeness (QED) is 0.425. The Bertz CT molecular complexity index is 341. The number of nitrogens with zero attached hydrogens (tertiary/aromatic N) is 2. The van der Waals surface area contributed by atoms with Crippen LogP contribution in [0.5, 0.6) is 0 Å². The predicted molar refractivity (Wildman–Crippen MR) is 68.0 cm³/mol. The van der Waals surface area contributed by atoms with Gasteiger partial charge in [-0.1, -0.05) is 0 Å². The zero-order chi connectivity index (χ0) is 12.5. The third-order valence-electron chi connectivity index (χ3n) is 2.10. The van der Waals surface area contributed by atoms with Gasteiger partial charge in [0.05, 0.1) is 12.3 Å². The van der Waals surface area contributed by atoms with Crippen molar-refractivity contribution in [3.63, 3.8) is 0 Å². The summed E-state index contributed by atoms with van der Waals surface area (Å²) in [5.74, 6) is 0.851. The van der Waals surface area contributed by atoms with Crippen molar-refractivity contribution in [2.75, 3.05) is 12.4 Å². The molecule has 0 saturated carbocycles. The molecule has 94 valence electrons. The van der Waals surface area contributed by atoms with Crippen LogP contribution in [-0.2, 0) is 9.53 Å². The molecule has 0 fully saturated rings. The van der Waals surface area contributed by atoms with Gasteiger partial charge in [-0.05, 0) is 44.6 Å². The van der Waals surface area contributed by atoms with Crippen LogP contribution in [0.4, 0.5) is 0 Å². The highest BCUT2D eigenvalue weighted by atomic mass is 32.2. The van der Waals surface area contributed by atoms with E-state index in [1.165, 1.54) is 0 Å². The van der Waals surface area contributed by atoms with Crippen molar-refractivity contribution in [1.82, 2.24) is 10.2 Å². The van der Waals surface area contributed by atoms with Gasteiger partial charge in [0.15, 0.2) is 0 Å². The molecule has 1 aromatic rings. The maximum Gasteiger partial charge on any atom is 0.305 e. The maximum atomic E-state index is 11.1. The zero-order valence-corrected chi connectivity index (χ0v) is 11.1. The molecule has 1 aromatic heterocycles. The van der Waals surface area contributed by atoms with E-state index in [4.69, 9.17) is 4.74 Å². The Hall–Kier alpha value is -1.10. The number of esters is 1. The molecular weight excluding hydrogens is 236 g/mol. The van der Waals surface area contributed by atoms with Crippen LogP contribution in [0.1, 0.15) is 31.9 Å². The Balaban J connectivity index is 2.08. The van der Waals surface area contributed by atoms with E-state index >= 15 is 0 Å². The van der Waals surface area contributed by atoms with Crippen LogP contribution in [0.3, 0.4) is 0 Å². The van der Waals surface area contributed by atoms with Gasteiger partial charge < -0.3 is 4.74 Å². The third-order valence-corrected chi connectivity index (χ3v) is 3.11. The third kappa shape index (κ3) is 6.26. The molecule has 1 rings (SSSR count). The summed E-state index contributed by atoms with van der Waals surface area (Å²) in [5.41, 5.74) is 0.927. The molecule has 0 amide bonds. The van der Waals surface area contributed by atoms with E-state index < -0.39 is 0 Å². The fraction of sp³-hybridized carbons (Fsp3) is 0.583. The van der Waals surface area contributed by atoms with E-state index in [-0.39, 0.29) is 5.97 Å². The predicted octanol–water partition coefficient (Wildman–Crippen LogP) is 2.61. The van der Waals surface area contributed by atoms with Gasteiger partial charge in [0.25, 0.3) is 0 Å². The molecule has 0 aliphatic rings. The van der Waals surface area contributed by atoms with Crippen LogP contribution in [0.15, 0.2) is 17.2 Å². The second-order valence-corrected chi connectivity index (χ2v) is 4.74. The molecule has 1 heterocycles. The molecule has 4 nitrogen and oxygen atoms in total. The van der Waals surface area contributed by atoms with Crippen LogP contribution in [0, 0.1) is 6.92 Å². The van der Waals surface area contributed by atoms with E-state index in [1.807, 2.05) is 26.0 Å². The fourth-order valence-corrected chi connectivity index (χ4v) is 2.07. The van der Waals surface area contributed by atoms with Gasteiger partial charge >= 0.3 is 5.97 Å². The first-order valence-electron chi connectivity index (χ1n) is 5.81. The molecule has 0 saturated heterocycles. The average molecular weight is 254 g/mol. The maximum absolute atomic E-state index is 11.1. The molecule has 0 spiro atoms. The summed E-state index contributed by atoms with van der Waals surface area (Å²) in [4.78, 5) is 11.1. The molecule has 0 aromatic carbocycles. The molecule has 17 heavy (non-hydrogen) atoms. The number of carbonyl (C=O) groups is 1. The van der Waals surface area contributed by atoms with Crippen molar-refractivity contribution in [3.05, 3.63) is 17.8 Å². The van der Waals surface area contributed by atoms with E-state index in [1.54, 1.807) is 11.8 Å². The largest absolute Gasteiger partial charge is 0.466 e. The number of aromatic nitrogens is 2. The van der Waals surface area contributed by atoms with Crippen molar-refractivity contribution < 1.29 is 9.53 Å². The normalized spacial score (nSPS) is 10.2. The van der Waals surface area contributed by atoms with E-state index in [0.717, 1.165) is 29.3 Å². The lowest BCUT2D eigenvalue weighted by Gasteiger charge is -2.02. The highest BCUT2D eigenvalue weighted by Crippen LogP contribution is 2.16. The fourth-order valence-electron chi connectivity index (χ4n) is 1.24. The second-order valence-electron chi connectivity index (χ2n) is 3.62. The van der Waals surface area contributed by atoms with Crippen molar-refractivity contribution in [2.45, 2.75) is 38.1 Å². The Morgan fingerprint density at radius 2 is 2.18 bits per heavy atom. The molecule has 0 unspecified atom stereocenters. The van der Waals surface area contributed by atoms with Gasteiger partial charge in [0.2, 0.25) is 0 Å². The number of rotatable bonds is 7. The minimum atomic E-state index is -0.104. The first-order chi connectivity index (χ1) is 8.22. The van der Waals surface area contributed by atoms with E-state index in [2.05, 4.69) is 10.2 Å². The summed E-state index contributed by atoms with van der Waals surface area (Å²) < 4.78 is 4.85. The number of unbranched alkanes of at least 4 members (excludes halogenated alkanes) is 1.